The summed E-state index contributed by atoms with van der Waals surface area (Å²) in [7, 11) is 0. The van der Waals surface area contributed by atoms with E-state index in [1.54, 1.807) is 29.7 Å². The molecule has 5 rings (SSSR count). The topological polar surface area (TPSA) is 105 Å². The van der Waals surface area contributed by atoms with E-state index < -0.39 is 6.11 Å². The fraction of sp³-hybridized carbons (Fsp3) is 0.407. The van der Waals surface area contributed by atoms with E-state index in [4.69, 9.17) is 19.7 Å². The van der Waals surface area contributed by atoms with E-state index in [2.05, 4.69) is 15.6 Å². The van der Waals surface area contributed by atoms with Crippen LogP contribution in [0.1, 0.15) is 43.1 Å². The molecule has 0 radical (unpaired) electrons. The lowest BCUT2D eigenvalue weighted by Crippen LogP contribution is -2.19. The Kier molecular flexibility index (Phi) is 7.40. The van der Waals surface area contributed by atoms with E-state index >= 15 is 0 Å². The van der Waals surface area contributed by atoms with Crippen LogP contribution in [0.4, 0.5) is 20.5 Å². The van der Waals surface area contributed by atoms with Gasteiger partial charge in [0.2, 0.25) is 5.95 Å². The fourth-order valence-electron chi connectivity index (χ4n) is 4.77. The molecule has 3 heterocycles. The second kappa shape index (κ2) is 10.7. The zero-order valence-corrected chi connectivity index (χ0v) is 22.3. The number of aromatic nitrogens is 4. The number of pyridine rings is 1. The van der Waals surface area contributed by atoms with Crippen molar-refractivity contribution >= 4 is 33.3 Å². The SMILES string of the molecule is Cc1nc(NCc2cccc(OC(C)(F)F)c2)nc(NC2CCC(CO)C2)c1-c1nc2c(C)nccc2s1. The lowest BCUT2D eigenvalue weighted by molar-refractivity contribution is -0.158. The molecule has 0 spiro atoms. The van der Waals surface area contributed by atoms with Gasteiger partial charge in [-0.2, -0.15) is 13.8 Å². The summed E-state index contributed by atoms with van der Waals surface area (Å²) >= 11 is 1.57. The lowest BCUT2D eigenvalue weighted by Gasteiger charge is -2.18. The number of hydrogen-bond acceptors (Lipinski definition) is 9. The van der Waals surface area contributed by atoms with Crippen LogP contribution in [-0.2, 0) is 6.54 Å². The van der Waals surface area contributed by atoms with Crippen molar-refractivity contribution < 1.29 is 18.6 Å². The van der Waals surface area contributed by atoms with Crippen LogP contribution in [-0.4, -0.2) is 43.8 Å². The van der Waals surface area contributed by atoms with E-state index in [0.717, 1.165) is 57.0 Å². The van der Waals surface area contributed by atoms with Crippen LogP contribution >= 0.6 is 11.3 Å². The van der Waals surface area contributed by atoms with Gasteiger partial charge in [0, 0.05) is 32.3 Å². The molecule has 38 heavy (non-hydrogen) atoms. The Morgan fingerprint density at radius 3 is 2.71 bits per heavy atom. The van der Waals surface area contributed by atoms with Crippen molar-refractivity contribution in [3.8, 4) is 16.3 Å². The quantitative estimate of drug-likeness (QED) is 0.240. The minimum absolute atomic E-state index is 0.0897. The highest BCUT2D eigenvalue weighted by Gasteiger charge is 2.27. The van der Waals surface area contributed by atoms with Crippen molar-refractivity contribution in [2.24, 2.45) is 5.92 Å². The summed E-state index contributed by atoms with van der Waals surface area (Å²) < 4.78 is 32.3. The van der Waals surface area contributed by atoms with Gasteiger partial charge in [-0.05, 0) is 62.8 Å². The largest absolute Gasteiger partial charge is 0.433 e. The molecule has 1 fully saturated rings. The van der Waals surface area contributed by atoms with E-state index in [1.165, 1.54) is 6.07 Å². The van der Waals surface area contributed by atoms with Gasteiger partial charge in [0.05, 0.1) is 21.7 Å². The minimum atomic E-state index is -3.26. The number of hydrogen-bond donors (Lipinski definition) is 3. The molecular weight excluding hydrogens is 510 g/mol. The van der Waals surface area contributed by atoms with Gasteiger partial charge < -0.3 is 20.5 Å². The van der Waals surface area contributed by atoms with Gasteiger partial charge in [-0.25, -0.2) is 9.97 Å². The molecule has 0 bridgehead atoms. The Hall–Kier alpha value is -3.44. The molecule has 11 heteroatoms. The van der Waals surface area contributed by atoms with Crippen molar-refractivity contribution in [2.45, 2.75) is 58.7 Å². The van der Waals surface area contributed by atoms with E-state index in [9.17, 15) is 13.9 Å². The maximum Gasteiger partial charge on any atom is 0.394 e. The van der Waals surface area contributed by atoms with Gasteiger partial charge in [-0.1, -0.05) is 12.1 Å². The molecule has 1 saturated carbocycles. The fourth-order valence-corrected chi connectivity index (χ4v) is 5.88. The van der Waals surface area contributed by atoms with Crippen LogP contribution in [0.2, 0.25) is 0 Å². The Morgan fingerprint density at radius 1 is 1.13 bits per heavy atom. The summed E-state index contributed by atoms with van der Waals surface area (Å²) in [6.07, 6.45) is 1.28. The number of halogens is 2. The third-order valence-corrected chi connectivity index (χ3v) is 7.62. The minimum Gasteiger partial charge on any atom is -0.433 e. The van der Waals surface area contributed by atoms with Crippen molar-refractivity contribution in [3.05, 3.63) is 53.5 Å². The number of aryl methyl sites for hydroxylation is 2. The van der Waals surface area contributed by atoms with Crippen molar-refractivity contribution in [2.75, 3.05) is 17.2 Å². The van der Waals surface area contributed by atoms with E-state index in [1.807, 2.05) is 26.0 Å². The summed E-state index contributed by atoms with van der Waals surface area (Å²) in [6, 6.07) is 8.68. The van der Waals surface area contributed by atoms with Crippen LogP contribution in [0.3, 0.4) is 0 Å². The average molecular weight is 541 g/mol. The monoisotopic (exact) mass is 540 g/mol. The summed E-state index contributed by atoms with van der Waals surface area (Å²) in [5, 5.41) is 17.2. The molecule has 0 aliphatic heterocycles. The first-order chi connectivity index (χ1) is 18.2. The van der Waals surface area contributed by atoms with Gasteiger partial charge in [0.1, 0.15) is 22.1 Å². The first-order valence-corrected chi connectivity index (χ1v) is 13.4. The number of rotatable bonds is 9. The van der Waals surface area contributed by atoms with E-state index in [0.29, 0.717) is 25.2 Å². The zero-order valence-electron chi connectivity index (χ0n) is 21.5. The molecule has 2 unspecified atom stereocenters. The third kappa shape index (κ3) is 5.99. The number of ether oxygens (including phenoxy) is 1. The molecule has 1 aliphatic carbocycles. The summed E-state index contributed by atoms with van der Waals surface area (Å²) in [4.78, 5) is 18.8. The summed E-state index contributed by atoms with van der Waals surface area (Å²) in [6.45, 7) is 5.08. The number of anilines is 2. The highest BCUT2D eigenvalue weighted by Crippen LogP contribution is 2.38. The Labute approximate surface area is 223 Å². The maximum atomic E-state index is 13.3. The predicted octanol–water partition coefficient (Wildman–Crippen LogP) is 5.94. The number of benzene rings is 1. The molecule has 4 aromatic rings. The maximum absolute atomic E-state index is 13.3. The number of alkyl halides is 2. The standard InChI is InChI=1S/C27H30F2N6O2S/c1-15-22(25-34-23-16(2)30-10-9-21(23)38-25)24(33-19-8-7-18(11-19)14-36)35-26(32-15)31-13-17-5-4-6-20(12-17)37-27(3,28)29/h4-6,9-10,12,18-19,36H,7-8,11,13-14H2,1-3H3,(H2,31,32,33,35). The molecule has 3 N–H and O–H groups in total. The second-order valence-electron chi connectivity index (χ2n) is 9.73. The first kappa shape index (κ1) is 26.2. The number of aliphatic hydroxyl groups excluding tert-OH is 1. The normalized spacial score (nSPS) is 17.6. The molecule has 0 saturated heterocycles. The first-order valence-electron chi connectivity index (χ1n) is 12.6. The molecular formula is C27H30F2N6O2S. The number of thiazole rings is 1. The van der Waals surface area contributed by atoms with Crippen LogP contribution < -0.4 is 15.4 Å². The zero-order chi connectivity index (χ0) is 26.9. The van der Waals surface area contributed by atoms with Gasteiger partial charge in [-0.3, -0.25) is 4.98 Å². The second-order valence-corrected chi connectivity index (χ2v) is 10.8. The molecule has 3 aromatic heterocycles. The Balaban J connectivity index is 1.45. The van der Waals surface area contributed by atoms with Crippen LogP contribution in [0.15, 0.2) is 36.5 Å². The van der Waals surface area contributed by atoms with Crippen LogP contribution in [0.5, 0.6) is 5.75 Å². The average Bonchev–Trinajstić information content (AvgIpc) is 3.49. The third-order valence-electron chi connectivity index (χ3n) is 6.58. The molecule has 8 nitrogen and oxygen atoms in total. The molecule has 0 amide bonds. The smallest absolute Gasteiger partial charge is 0.394 e. The molecule has 1 aliphatic rings. The highest BCUT2D eigenvalue weighted by atomic mass is 32.1. The van der Waals surface area contributed by atoms with Crippen LogP contribution in [0.25, 0.3) is 20.8 Å². The van der Waals surface area contributed by atoms with Crippen molar-refractivity contribution in [3.63, 3.8) is 0 Å². The van der Waals surface area contributed by atoms with Crippen LogP contribution in [0, 0.1) is 19.8 Å². The number of fused-ring (bicyclic) bond motifs is 1. The van der Waals surface area contributed by atoms with Crippen molar-refractivity contribution in [1.82, 2.24) is 19.9 Å². The predicted molar refractivity (Wildman–Crippen MR) is 145 cm³/mol. The molecule has 1 aromatic carbocycles. The van der Waals surface area contributed by atoms with Gasteiger partial charge >= 0.3 is 6.11 Å². The van der Waals surface area contributed by atoms with Gasteiger partial charge in [0.25, 0.3) is 0 Å². The molecule has 200 valence electrons. The molecule has 2 atom stereocenters. The summed E-state index contributed by atoms with van der Waals surface area (Å²) in [5.74, 6) is 1.46. The Bertz CT molecular complexity index is 1440. The summed E-state index contributed by atoms with van der Waals surface area (Å²) in [5.41, 5.74) is 4.08. The number of nitrogens with zero attached hydrogens (tertiary/aromatic N) is 4. The number of nitrogens with one attached hydrogen (secondary N) is 2. The lowest BCUT2D eigenvalue weighted by atomic mass is 10.1. The van der Waals surface area contributed by atoms with Crippen molar-refractivity contribution in [1.29, 1.82) is 0 Å². The Morgan fingerprint density at radius 2 is 1.97 bits per heavy atom. The number of aliphatic hydroxyl groups is 1. The van der Waals surface area contributed by atoms with Gasteiger partial charge in [0.15, 0.2) is 0 Å². The van der Waals surface area contributed by atoms with E-state index in [-0.39, 0.29) is 24.3 Å². The van der Waals surface area contributed by atoms with Gasteiger partial charge in [-0.15, -0.1) is 11.3 Å². The highest BCUT2D eigenvalue weighted by molar-refractivity contribution is 7.21.